The molecule has 1 aliphatic heterocycles. The van der Waals surface area contributed by atoms with Gasteiger partial charge in [-0.3, -0.25) is 9.52 Å². The first-order valence-corrected chi connectivity index (χ1v) is 10.2. The first-order valence-electron chi connectivity index (χ1n) is 8.34. The Morgan fingerprint density at radius 1 is 1.04 bits per heavy atom. The van der Waals surface area contributed by atoms with Crippen molar-refractivity contribution in [2.45, 2.75) is 24.2 Å². The molecular formula is C18H20ClN3O3S. The van der Waals surface area contributed by atoms with Crippen molar-refractivity contribution in [1.82, 2.24) is 0 Å². The molecule has 8 heteroatoms. The maximum Gasteiger partial charge on any atom is 0.261 e. The molecule has 3 rings (SSSR count). The van der Waals surface area contributed by atoms with E-state index < -0.39 is 15.9 Å². The van der Waals surface area contributed by atoms with E-state index in [0.29, 0.717) is 5.02 Å². The number of rotatable bonds is 5. The van der Waals surface area contributed by atoms with Gasteiger partial charge in [0.05, 0.1) is 16.1 Å². The Morgan fingerprint density at radius 3 is 2.31 bits per heavy atom. The molecule has 0 unspecified atom stereocenters. The van der Waals surface area contributed by atoms with E-state index in [1.807, 2.05) is 0 Å². The van der Waals surface area contributed by atoms with E-state index in [1.165, 1.54) is 30.7 Å². The third-order valence-electron chi connectivity index (χ3n) is 4.36. The van der Waals surface area contributed by atoms with E-state index in [0.717, 1.165) is 31.6 Å². The fraction of sp³-hybridized carbons (Fsp3) is 0.278. The summed E-state index contributed by atoms with van der Waals surface area (Å²) in [5.74, 6) is -0.683. The molecule has 3 N–H and O–H groups in total. The van der Waals surface area contributed by atoms with Gasteiger partial charge in [-0.1, -0.05) is 11.6 Å². The minimum absolute atomic E-state index is 0.0532. The van der Waals surface area contributed by atoms with Crippen molar-refractivity contribution in [3.8, 4) is 0 Å². The van der Waals surface area contributed by atoms with E-state index in [9.17, 15) is 13.2 Å². The zero-order chi connectivity index (χ0) is 18.7. The zero-order valence-corrected chi connectivity index (χ0v) is 15.7. The lowest BCUT2D eigenvalue weighted by Gasteiger charge is -2.29. The molecule has 26 heavy (non-hydrogen) atoms. The quantitative estimate of drug-likeness (QED) is 0.815. The summed E-state index contributed by atoms with van der Waals surface area (Å²) < 4.78 is 27.6. The number of hydrogen-bond donors (Lipinski definition) is 2. The van der Waals surface area contributed by atoms with Gasteiger partial charge >= 0.3 is 0 Å². The molecule has 1 aliphatic rings. The van der Waals surface area contributed by atoms with Crippen LogP contribution in [-0.2, 0) is 10.0 Å². The minimum atomic E-state index is -3.85. The third-order valence-corrected chi connectivity index (χ3v) is 5.99. The van der Waals surface area contributed by atoms with Crippen LogP contribution in [0.4, 0.5) is 11.4 Å². The summed E-state index contributed by atoms with van der Waals surface area (Å²) in [4.78, 5) is 14.1. The van der Waals surface area contributed by atoms with Crippen LogP contribution in [-0.4, -0.2) is 27.4 Å². The molecular weight excluding hydrogens is 374 g/mol. The number of nitrogens with zero attached hydrogens (tertiary/aromatic N) is 1. The van der Waals surface area contributed by atoms with Gasteiger partial charge in [0, 0.05) is 23.8 Å². The number of halogens is 1. The molecule has 0 radical (unpaired) electrons. The van der Waals surface area contributed by atoms with E-state index in [4.69, 9.17) is 17.3 Å². The molecule has 0 aromatic heterocycles. The van der Waals surface area contributed by atoms with Crippen molar-refractivity contribution in [1.29, 1.82) is 0 Å². The lowest BCUT2D eigenvalue weighted by atomic mass is 10.1. The van der Waals surface area contributed by atoms with Crippen LogP contribution in [0.2, 0.25) is 5.02 Å². The van der Waals surface area contributed by atoms with Crippen molar-refractivity contribution in [2.24, 2.45) is 5.73 Å². The van der Waals surface area contributed by atoms with E-state index in [-0.39, 0.29) is 16.1 Å². The van der Waals surface area contributed by atoms with E-state index in [1.54, 1.807) is 18.2 Å². The van der Waals surface area contributed by atoms with Crippen LogP contribution in [0, 0.1) is 0 Å². The standard InChI is InChI=1S/C18H20ClN3O3S/c19-13-4-7-15(8-5-13)26(24,25)21-17-9-6-14(12-16(17)18(20)23)22-10-2-1-3-11-22/h4-9,12,21H,1-3,10-11H2,(H2,20,23). The summed E-state index contributed by atoms with van der Waals surface area (Å²) in [5, 5.41) is 0.438. The first kappa shape index (κ1) is 18.5. The van der Waals surface area contributed by atoms with Crippen LogP contribution in [0.15, 0.2) is 47.4 Å². The van der Waals surface area contributed by atoms with Crippen molar-refractivity contribution < 1.29 is 13.2 Å². The minimum Gasteiger partial charge on any atom is -0.372 e. The predicted octanol–water partition coefficient (Wildman–Crippen LogP) is 3.23. The lowest BCUT2D eigenvalue weighted by molar-refractivity contribution is 0.100. The monoisotopic (exact) mass is 393 g/mol. The SMILES string of the molecule is NC(=O)c1cc(N2CCCCC2)ccc1NS(=O)(=O)c1ccc(Cl)cc1. The number of benzene rings is 2. The number of nitrogens with two attached hydrogens (primary N) is 1. The Morgan fingerprint density at radius 2 is 1.69 bits per heavy atom. The molecule has 0 atom stereocenters. The molecule has 0 spiro atoms. The number of primary amides is 1. The zero-order valence-electron chi connectivity index (χ0n) is 14.1. The first-order chi connectivity index (χ1) is 12.4. The van der Waals surface area contributed by atoms with Crippen molar-refractivity contribution in [3.05, 3.63) is 53.1 Å². The normalized spacial score (nSPS) is 14.9. The highest BCUT2D eigenvalue weighted by Crippen LogP contribution is 2.27. The van der Waals surface area contributed by atoms with E-state index in [2.05, 4.69) is 9.62 Å². The number of nitrogens with one attached hydrogen (secondary N) is 1. The van der Waals surface area contributed by atoms with Crippen molar-refractivity contribution >= 4 is 38.9 Å². The summed E-state index contributed by atoms with van der Waals surface area (Å²) in [5.41, 5.74) is 6.65. The number of sulfonamides is 1. The maximum atomic E-state index is 12.6. The highest BCUT2D eigenvalue weighted by molar-refractivity contribution is 7.92. The average molecular weight is 394 g/mol. The molecule has 2 aromatic carbocycles. The molecule has 6 nitrogen and oxygen atoms in total. The smallest absolute Gasteiger partial charge is 0.261 e. The van der Waals surface area contributed by atoms with Gasteiger partial charge in [0.2, 0.25) is 0 Å². The highest BCUT2D eigenvalue weighted by atomic mass is 35.5. The summed E-state index contributed by atoms with van der Waals surface area (Å²) in [6.45, 7) is 1.82. The molecule has 1 saturated heterocycles. The van der Waals surface area contributed by atoms with Gasteiger partial charge in [0.15, 0.2) is 0 Å². The molecule has 0 aliphatic carbocycles. The second kappa shape index (κ2) is 7.55. The Bertz CT molecular complexity index is 908. The second-order valence-corrected chi connectivity index (χ2v) is 8.32. The van der Waals surface area contributed by atoms with Crippen LogP contribution >= 0.6 is 11.6 Å². The molecule has 138 valence electrons. The van der Waals surface area contributed by atoms with Gasteiger partial charge in [0.1, 0.15) is 0 Å². The van der Waals surface area contributed by atoms with Gasteiger partial charge < -0.3 is 10.6 Å². The van der Waals surface area contributed by atoms with E-state index >= 15 is 0 Å². The summed E-state index contributed by atoms with van der Waals surface area (Å²) in [6.07, 6.45) is 3.38. The predicted molar refractivity (Wildman–Crippen MR) is 103 cm³/mol. The number of anilines is 2. The maximum absolute atomic E-state index is 12.6. The Labute approximate surface area is 158 Å². The van der Waals surface area contributed by atoms with Crippen molar-refractivity contribution in [3.63, 3.8) is 0 Å². The molecule has 0 saturated carbocycles. The lowest BCUT2D eigenvalue weighted by Crippen LogP contribution is -2.29. The van der Waals surface area contributed by atoms with Gasteiger partial charge in [-0.15, -0.1) is 0 Å². The largest absolute Gasteiger partial charge is 0.372 e. The van der Waals surface area contributed by atoms with Gasteiger partial charge in [-0.2, -0.15) is 0 Å². The average Bonchev–Trinajstić information content (AvgIpc) is 2.62. The Balaban J connectivity index is 1.91. The van der Waals surface area contributed by atoms with Gasteiger partial charge in [0.25, 0.3) is 15.9 Å². The highest BCUT2D eigenvalue weighted by Gasteiger charge is 2.20. The Kier molecular flexibility index (Phi) is 5.38. The fourth-order valence-corrected chi connectivity index (χ4v) is 4.20. The molecule has 1 amide bonds. The molecule has 2 aromatic rings. The van der Waals surface area contributed by atoms with Crippen LogP contribution in [0.5, 0.6) is 0 Å². The summed E-state index contributed by atoms with van der Waals surface area (Å²) in [7, 11) is -3.85. The summed E-state index contributed by atoms with van der Waals surface area (Å²) >= 11 is 5.80. The number of amides is 1. The van der Waals surface area contributed by atoms with Crippen LogP contribution in [0.1, 0.15) is 29.6 Å². The molecule has 0 bridgehead atoms. The van der Waals surface area contributed by atoms with Crippen LogP contribution < -0.4 is 15.4 Å². The third kappa shape index (κ3) is 4.11. The number of carbonyl (C=O) groups excluding carboxylic acids is 1. The van der Waals surface area contributed by atoms with Crippen LogP contribution in [0.3, 0.4) is 0 Å². The molecule has 1 heterocycles. The molecule has 1 fully saturated rings. The topological polar surface area (TPSA) is 92.5 Å². The number of piperidine rings is 1. The summed E-state index contributed by atoms with van der Waals surface area (Å²) in [6, 6.07) is 10.8. The second-order valence-electron chi connectivity index (χ2n) is 6.20. The van der Waals surface area contributed by atoms with Gasteiger partial charge in [-0.25, -0.2) is 8.42 Å². The van der Waals surface area contributed by atoms with Crippen LogP contribution in [0.25, 0.3) is 0 Å². The van der Waals surface area contributed by atoms with Gasteiger partial charge in [-0.05, 0) is 61.7 Å². The number of hydrogen-bond acceptors (Lipinski definition) is 4. The Hall–Kier alpha value is -2.25. The number of carbonyl (C=O) groups is 1. The van der Waals surface area contributed by atoms with Crippen molar-refractivity contribution in [2.75, 3.05) is 22.7 Å². The fourth-order valence-electron chi connectivity index (χ4n) is 2.99.